The van der Waals surface area contributed by atoms with E-state index in [2.05, 4.69) is 20.8 Å². The van der Waals surface area contributed by atoms with Crippen LogP contribution in [0.2, 0.25) is 0 Å². The van der Waals surface area contributed by atoms with Crippen LogP contribution in [-0.4, -0.2) is 18.3 Å². The first kappa shape index (κ1) is 63.6. The Morgan fingerprint density at radius 3 is 0.660 bits per heavy atom. The fourth-order valence-corrected chi connectivity index (χ4v) is 8.02. The van der Waals surface area contributed by atoms with Gasteiger partial charge in [-0.2, -0.15) is 0 Å². The first-order valence-electron chi connectivity index (χ1n) is 19.9. The first-order valence-corrected chi connectivity index (χ1v) is 24.3. The molecule has 53 heavy (non-hydrogen) atoms. The minimum absolute atomic E-state index is 0. The van der Waals surface area contributed by atoms with Crippen molar-refractivity contribution in [2.24, 2.45) is 17.8 Å². The number of unbranched alkanes of at least 4 members (excludes halogenated alkanes) is 6. The van der Waals surface area contributed by atoms with Gasteiger partial charge in [0.2, 0.25) is 0 Å². The summed E-state index contributed by atoms with van der Waals surface area (Å²) >= 11 is 0. The van der Waals surface area contributed by atoms with Gasteiger partial charge < -0.3 is 56.6 Å². The summed E-state index contributed by atoms with van der Waals surface area (Å²) in [6, 6.07) is 0. The van der Waals surface area contributed by atoms with Crippen LogP contribution in [0.4, 0.5) is 0 Å². The molecule has 0 aromatic rings. The van der Waals surface area contributed by atoms with Gasteiger partial charge in [0.05, 0.1) is 41.8 Å². The van der Waals surface area contributed by atoms with Gasteiger partial charge >= 0.3 is 34.7 Å². The van der Waals surface area contributed by atoms with Crippen LogP contribution in [0, 0.1) is 17.8 Å². The van der Waals surface area contributed by atoms with Crippen molar-refractivity contribution in [3.05, 3.63) is 0 Å². The summed E-state index contributed by atoms with van der Waals surface area (Å²) in [5, 5.41) is 0. The van der Waals surface area contributed by atoms with Gasteiger partial charge in [-0.3, -0.25) is 0 Å². The molecule has 0 amide bonds. The predicted molar refractivity (Wildman–Crippen MR) is 196 cm³/mol. The topological polar surface area (TPSA) is 217 Å². The number of phosphoric ester groups is 3. The molecule has 0 aliphatic carbocycles. The van der Waals surface area contributed by atoms with Crippen molar-refractivity contribution in [1.29, 1.82) is 0 Å². The third-order valence-corrected chi connectivity index (χ3v) is 10.8. The number of rotatable bonds is 30. The molecule has 17 heteroatoms. The average molecular weight is 897 g/mol. The van der Waals surface area contributed by atoms with Gasteiger partial charge in [0, 0.05) is 0 Å². The molecule has 0 fully saturated rings. The number of phosphoric acid groups is 3. The summed E-state index contributed by atoms with van der Waals surface area (Å²) in [5.41, 5.74) is 0. The van der Waals surface area contributed by atoms with Crippen LogP contribution in [-0.2, 0) is 62.0 Å². The van der Waals surface area contributed by atoms with Gasteiger partial charge in [0.15, 0.2) is 0 Å². The molecule has 0 heterocycles. The zero-order valence-corrected chi connectivity index (χ0v) is 39.6. The van der Waals surface area contributed by atoms with E-state index >= 15 is 0 Å². The molecule has 6 unspecified atom stereocenters. The molecule has 0 spiro atoms. The van der Waals surface area contributed by atoms with E-state index in [1.807, 2.05) is 41.5 Å². The molecule has 0 saturated heterocycles. The second-order valence-corrected chi connectivity index (χ2v) is 16.9. The van der Waals surface area contributed by atoms with Crippen molar-refractivity contribution in [3.8, 4) is 0 Å². The van der Waals surface area contributed by atoms with Crippen LogP contribution in [0.25, 0.3) is 0 Å². The van der Waals surface area contributed by atoms with Crippen molar-refractivity contribution in [2.45, 2.75) is 215 Å². The SMILES string of the molecule is CCCCC(CC)C(CCCC)OP(=O)([O-])[O-].CCCCC(CC)C(CCCC)OP(=O)([O-])[O-].CCCCC(CC)C(CCCC)OP(=O)([O-])[O-].[Cr+3].[Cr+3]. The van der Waals surface area contributed by atoms with E-state index in [1.54, 1.807) is 0 Å². The normalized spacial score (nSPS) is 15.2. The standard InChI is InChI=1S/3C12H27O4P.2Cr/c3*1-4-7-9-11(6-3)12(10-8-5-2)16-17(13,14)15;;/h3*11-12H,4-10H2,1-3H3,(H2,13,14,15);;/q;;;2*+3/p-6. The third-order valence-electron chi connectivity index (χ3n) is 9.26. The molecule has 318 valence electrons. The molecule has 6 atom stereocenters. The molecule has 0 aliphatic rings. The molecule has 0 aromatic heterocycles. The summed E-state index contributed by atoms with van der Waals surface area (Å²) in [6.07, 6.45) is 18.1. The van der Waals surface area contributed by atoms with Crippen LogP contribution in [0.15, 0.2) is 0 Å². The smallest absolute Gasteiger partial charge is 0.790 e. The Hall–Kier alpha value is 1.39. The van der Waals surface area contributed by atoms with E-state index in [0.717, 1.165) is 116 Å². The Morgan fingerprint density at radius 1 is 0.358 bits per heavy atom. The van der Waals surface area contributed by atoms with Crippen molar-refractivity contribution in [3.63, 3.8) is 0 Å². The maximum Gasteiger partial charge on any atom is 3.00 e. The summed E-state index contributed by atoms with van der Waals surface area (Å²) in [4.78, 5) is 64.5. The predicted octanol–water partition coefficient (Wildman–Crippen LogP) is 7.82. The zero-order valence-electron chi connectivity index (χ0n) is 34.4. The summed E-state index contributed by atoms with van der Waals surface area (Å²) in [5.74, 6) is 0.535. The minimum Gasteiger partial charge on any atom is -0.790 e. The van der Waals surface area contributed by atoms with E-state index in [1.165, 1.54) is 0 Å². The molecule has 2 radical (unpaired) electrons. The molecule has 0 aliphatic heterocycles. The maximum absolute atomic E-state index is 10.7. The van der Waals surface area contributed by atoms with Gasteiger partial charge in [0.1, 0.15) is 0 Å². The van der Waals surface area contributed by atoms with Crippen LogP contribution in [0.1, 0.15) is 197 Å². The van der Waals surface area contributed by atoms with Gasteiger partial charge in [-0.15, -0.1) is 0 Å². The third kappa shape index (κ3) is 41.4. The van der Waals surface area contributed by atoms with Crippen LogP contribution < -0.4 is 29.4 Å². The molecule has 0 aromatic carbocycles. The van der Waals surface area contributed by atoms with Gasteiger partial charge in [-0.05, 0) is 56.3 Å². The Bertz CT molecular complexity index is 806. The van der Waals surface area contributed by atoms with E-state index < -0.39 is 41.8 Å². The second kappa shape index (κ2) is 38.9. The minimum atomic E-state index is -4.86. The molecular weight excluding hydrogens is 821 g/mol. The Balaban J connectivity index is -0.000000213. The second-order valence-electron chi connectivity index (χ2n) is 13.6. The monoisotopic (exact) mass is 896 g/mol. The summed E-state index contributed by atoms with van der Waals surface area (Å²) in [6.45, 7) is 18.5. The van der Waals surface area contributed by atoms with Crippen molar-refractivity contribution in [1.82, 2.24) is 0 Å². The van der Waals surface area contributed by atoms with Crippen molar-refractivity contribution >= 4 is 23.5 Å². The Morgan fingerprint density at radius 2 is 0.528 bits per heavy atom. The maximum atomic E-state index is 10.7. The van der Waals surface area contributed by atoms with E-state index in [-0.39, 0.29) is 52.5 Å². The van der Waals surface area contributed by atoms with E-state index in [4.69, 9.17) is 13.6 Å². The summed E-state index contributed by atoms with van der Waals surface area (Å²) < 4.78 is 46.5. The number of hydrogen-bond acceptors (Lipinski definition) is 12. The molecule has 0 N–H and O–H groups in total. The molecule has 0 bridgehead atoms. The molecular formula is C36H75Cr2O12P3. The van der Waals surface area contributed by atoms with Crippen LogP contribution >= 0.6 is 23.5 Å². The Labute approximate surface area is 346 Å². The fourth-order valence-electron chi connectivity index (χ4n) is 6.19. The van der Waals surface area contributed by atoms with E-state index in [0.29, 0.717) is 19.3 Å². The van der Waals surface area contributed by atoms with Crippen LogP contribution in [0.3, 0.4) is 0 Å². The van der Waals surface area contributed by atoms with Crippen molar-refractivity contribution in [2.75, 3.05) is 0 Å². The molecule has 12 nitrogen and oxygen atoms in total. The van der Waals surface area contributed by atoms with Crippen molar-refractivity contribution < 1.29 is 91.3 Å². The first-order chi connectivity index (χ1) is 23.8. The van der Waals surface area contributed by atoms with Gasteiger partial charge in [-0.25, -0.2) is 0 Å². The summed E-state index contributed by atoms with van der Waals surface area (Å²) in [7, 11) is -14.6. The number of hydrogen-bond donors (Lipinski definition) is 0. The quantitative estimate of drug-likeness (QED) is 0.0631. The average Bonchev–Trinajstić information content (AvgIpc) is 3.04. The largest absolute Gasteiger partial charge is 3.00 e. The zero-order chi connectivity index (χ0) is 39.9. The Kier molecular flexibility index (Phi) is 46.6. The fraction of sp³-hybridized carbons (Fsp3) is 1.00. The molecule has 0 rings (SSSR count). The van der Waals surface area contributed by atoms with Crippen LogP contribution in [0.5, 0.6) is 0 Å². The van der Waals surface area contributed by atoms with E-state index in [9.17, 15) is 43.1 Å². The molecule has 0 saturated carbocycles. The van der Waals surface area contributed by atoms with Gasteiger partial charge in [0.25, 0.3) is 0 Å². The van der Waals surface area contributed by atoms with Gasteiger partial charge in [-0.1, -0.05) is 159 Å².